The summed E-state index contributed by atoms with van der Waals surface area (Å²) in [7, 11) is 1.19. The average molecular weight is 446 g/mol. The molecule has 1 amide bonds. The van der Waals surface area contributed by atoms with Gasteiger partial charge in [0.05, 0.1) is 22.5 Å². The normalized spacial score (nSPS) is 10.2. The fourth-order valence-electron chi connectivity index (χ4n) is 2.83. The summed E-state index contributed by atoms with van der Waals surface area (Å²) in [6.07, 6.45) is 1.20. The number of nitrogens with two attached hydrogens (primary N) is 1. The Morgan fingerprint density at radius 1 is 0.906 bits per heavy atom. The molecule has 0 aliphatic heterocycles. The number of nitrogen functional groups attached to an aromatic ring is 1. The van der Waals surface area contributed by atoms with E-state index >= 15 is 0 Å². The van der Waals surface area contributed by atoms with Crippen LogP contribution in [0.15, 0.2) is 36.4 Å². The molecule has 0 atom stereocenters. The van der Waals surface area contributed by atoms with Crippen molar-refractivity contribution in [3.05, 3.63) is 67.8 Å². The van der Waals surface area contributed by atoms with E-state index in [1.165, 1.54) is 31.4 Å². The number of carbonyl (C=O) groups excluding carboxylic acids is 2. The third kappa shape index (κ3) is 6.12. The van der Waals surface area contributed by atoms with Crippen LogP contribution in [0.4, 0.5) is 22.7 Å². The number of carbonyl (C=O) groups is 2. The molecule has 0 aromatic heterocycles. The molecule has 0 heterocycles. The zero-order valence-corrected chi connectivity index (χ0v) is 17.1. The molecule has 0 unspecified atom stereocenters. The van der Waals surface area contributed by atoms with Crippen molar-refractivity contribution in [3.63, 3.8) is 0 Å². The van der Waals surface area contributed by atoms with Crippen LogP contribution in [-0.4, -0.2) is 41.9 Å². The Kier molecular flexibility index (Phi) is 8.42. The quantitative estimate of drug-likeness (QED) is 0.0993. The smallest absolute Gasteiger partial charge is 0.338 e. The van der Waals surface area contributed by atoms with Crippen LogP contribution in [-0.2, 0) is 4.74 Å². The number of ether oxygens (including phenoxy) is 1. The molecule has 13 heteroatoms. The first kappa shape index (κ1) is 24.0. The Morgan fingerprint density at radius 2 is 1.38 bits per heavy atom. The molecular weight excluding hydrogens is 424 g/mol. The Morgan fingerprint density at radius 3 is 1.81 bits per heavy atom. The number of anilines is 2. The Bertz CT molecular complexity index is 946. The van der Waals surface area contributed by atoms with E-state index in [1.807, 2.05) is 5.43 Å². The van der Waals surface area contributed by atoms with Gasteiger partial charge < -0.3 is 15.4 Å². The Balaban J connectivity index is 1.90. The van der Waals surface area contributed by atoms with E-state index in [2.05, 4.69) is 15.4 Å². The summed E-state index contributed by atoms with van der Waals surface area (Å²) < 4.78 is 4.56. The number of rotatable bonds is 11. The second-order valence-corrected chi connectivity index (χ2v) is 6.50. The number of esters is 1. The van der Waals surface area contributed by atoms with Crippen molar-refractivity contribution in [1.82, 2.24) is 5.43 Å². The standard InChI is InChI=1S/C19H22N6O7/c1-32-19(27)13-5-7-15(17(11-13)25(30)31)22-9-3-2-8-21-14-6-4-12(18(26)23-20)10-16(14)24(28)29/h4-7,10-11,21-22H,2-3,8-9,20H2,1H3,(H,23,26). The molecule has 13 nitrogen and oxygen atoms in total. The maximum atomic E-state index is 11.5. The zero-order valence-electron chi connectivity index (χ0n) is 17.1. The average Bonchev–Trinajstić information content (AvgIpc) is 2.79. The van der Waals surface area contributed by atoms with Crippen LogP contribution < -0.4 is 21.9 Å². The van der Waals surface area contributed by atoms with E-state index in [0.29, 0.717) is 25.9 Å². The molecule has 2 aromatic carbocycles. The number of nitrogens with zero attached hydrogens (tertiary/aromatic N) is 2. The van der Waals surface area contributed by atoms with Gasteiger partial charge >= 0.3 is 5.97 Å². The van der Waals surface area contributed by atoms with Crippen molar-refractivity contribution in [1.29, 1.82) is 0 Å². The fourth-order valence-corrected chi connectivity index (χ4v) is 2.83. The number of nitro groups is 2. The van der Waals surface area contributed by atoms with Gasteiger partial charge in [-0.2, -0.15) is 0 Å². The van der Waals surface area contributed by atoms with Gasteiger partial charge in [-0.3, -0.25) is 30.4 Å². The second-order valence-electron chi connectivity index (χ2n) is 6.50. The lowest BCUT2D eigenvalue weighted by atomic mass is 10.1. The number of nitrogens with one attached hydrogen (secondary N) is 3. The van der Waals surface area contributed by atoms with Gasteiger partial charge in [-0.25, -0.2) is 10.6 Å². The van der Waals surface area contributed by atoms with E-state index < -0.39 is 21.7 Å². The maximum Gasteiger partial charge on any atom is 0.338 e. The van der Waals surface area contributed by atoms with Gasteiger partial charge in [-0.15, -0.1) is 0 Å². The predicted octanol–water partition coefficient (Wildman–Crippen LogP) is 2.20. The van der Waals surface area contributed by atoms with Gasteiger partial charge in [0.15, 0.2) is 0 Å². The molecule has 2 aromatic rings. The Hall–Kier alpha value is -4.26. The number of nitro benzene ring substituents is 2. The third-order valence-electron chi connectivity index (χ3n) is 4.44. The van der Waals surface area contributed by atoms with Crippen molar-refractivity contribution in [2.75, 3.05) is 30.8 Å². The first-order valence-electron chi connectivity index (χ1n) is 9.42. The molecule has 0 aliphatic carbocycles. The van der Waals surface area contributed by atoms with Gasteiger partial charge in [-0.05, 0) is 37.1 Å². The summed E-state index contributed by atoms with van der Waals surface area (Å²) in [4.78, 5) is 44.4. The highest BCUT2D eigenvalue weighted by Crippen LogP contribution is 2.27. The number of hydrogen-bond donors (Lipinski definition) is 4. The number of hydrogen-bond acceptors (Lipinski definition) is 10. The largest absolute Gasteiger partial charge is 0.465 e. The van der Waals surface area contributed by atoms with E-state index in [9.17, 15) is 29.8 Å². The first-order valence-corrected chi connectivity index (χ1v) is 9.42. The van der Waals surface area contributed by atoms with Crippen LogP contribution in [0, 0.1) is 20.2 Å². The molecule has 0 aliphatic rings. The van der Waals surface area contributed by atoms with Crippen molar-refractivity contribution < 1.29 is 24.2 Å². The number of benzene rings is 2. The minimum Gasteiger partial charge on any atom is -0.465 e. The van der Waals surface area contributed by atoms with Gasteiger partial charge in [0.25, 0.3) is 17.3 Å². The fraction of sp³-hybridized carbons (Fsp3) is 0.263. The number of methoxy groups -OCH3 is 1. The zero-order chi connectivity index (χ0) is 23.7. The molecule has 0 radical (unpaired) electrons. The van der Waals surface area contributed by atoms with Gasteiger partial charge in [0.2, 0.25) is 0 Å². The van der Waals surface area contributed by atoms with Gasteiger partial charge in [0.1, 0.15) is 11.4 Å². The van der Waals surface area contributed by atoms with E-state index in [0.717, 1.165) is 12.1 Å². The third-order valence-corrected chi connectivity index (χ3v) is 4.44. The highest BCUT2D eigenvalue weighted by Gasteiger charge is 2.18. The molecule has 0 saturated heterocycles. The summed E-state index contributed by atoms with van der Waals surface area (Å²) in [5.41, 5.74) is 2.07. The molecule has 2 rings (SSSR count). The van der Waals surface area contributed by atoms with Gasteiger partial charge in [-0.1, -0.05) is 0 Å². The summed E-state index contributed by atoms with van der Waals surface area (Å²) in [5.74, 6) is 3.73. The van der Waals surface area contributed by atoms with Gasteiger partial charge in [0, 0.05) is 30.8 Å². The number of unbranched alkanes of at least 4 members (excludes halogenated alkanes) is 1. The summed E-state index contributed by atoms with van der Waals surface area (Å²) in [6, 6.07) is 7.97. The number of amides is 1. The molecule has 5 N–H and O–H groups in total. The van der Waals surface area contributed by atoms with Crippen molar-refractivity contribution >= 4 is 34.6 Å². The molecule has 0 spiro atoms. The van der Waals surface area contributed by atoms with Crippen LogP contribution in [0.5, 0.6) is 0 Å². The topological polar surface area (TPSA) is 192 Å². The molecule has 170 valence electrons. The van der Waals surface area contributed by atoms with Crippen molar-refractivity contribution in [2.45, 2.75) is 12.8 Å². The van der Waals surface area contributed by atoms with Crippen LogP contribution >= 0.6 is 0 Å². The first-order chi connectivity index (χ1) is 15.3. The molecule has 0 saturated carbocycles. The SMILES string of the molecule is COC(=O)c1ccc(NCCCCNc2ccc(C(=O)NN)cc2[N+](=O)[O-])c([N+](=O)[O-])c1. The highest BCUT2D eigenvalue weighted by atomic mass is 16.6. The van der Waals surface area contributed by atoms with E-state index in [-0.39, 0.29) is 33.9 Å². The highest BCUT2D eigenvalue weighted by molar-refractivity contribution is 5.95. The maximum absolute atomic E-state index is 11.5. The lowest BCUT2D eigenvalue weighted by Crippen LogP contribution is -2.30. The molecule has 32 heavy (non-hydrogen) atoms. The molecule has 0 bridgehead atoms. The number of hydrazine groups is 1. The lowest BCUT2D eigenvalue weighted by Gasteiger charge is -2.10. The van der Waals surface area contributed by atoms with E-state index in [1.54, 1.807) is 0 Å². The lowest BCUT2D eigenvalue weighted by molar-refractivity contribution is -0.384. The van der Waals surface area contributed by atoms with Crippen LogP contribution in [0.25, 0.3) is 0 Å². The Labute approximate surface area is 182 Å². The van der Waals surface area contributed by atoms with Crippen molar-refractivity contribution in [3.8, 4) is 0 Å². The predicted molar refractivity (Wildman–Crippen MR) is 115 cm³/mol. The van der Waals surface area contributed by atoms with Crippen LogP contribution in [0.3, 0.4) is 0 Å². The monoisotopic (exact) mass is 446 g/mol. The van der Waals surface area contributed by atoms with Crippen LogP contribution in [0.1, 0.15) is 33.6 Å². The molecule has 0 fully saturated rings. The van der Waals surface area contributed by atoms with Crippen molar-refractivity contribution in [2.24, 2.45) is 5.84 Å². The molecular formula is C19H22N6O7. The summed E-state index contributed by atoms with van der Waals surface area (Å²) in [5, 5.41) is 28.4. The minimum absolute atomic E-state index is 0.0637. The van der Waals surface area contributed by atoms with E-state index in [4.69, 9.17) is 5.84 Å². The summed E-state index contributed by atoms with van der Waals surface area (Å²) in [6.45, 7) is 0.798. The second kappa shape index (κ2) is 11.2. The van der Waals surface area contributed by atoms with Crippen LogP contribution in [0.2, 0.25) is 0 Å². The summed E-state index contributed by atoms with van der Waals surface area (Å²) >= 11 is 0. The minimum atomic E-state index is -0.670.